The van der Waals surface area contributed by atoms with E-state index in [0.717, 1.165) is 30.1 Å². The predicted octanol–water partition coefficient (Wildman–Crippen LogP) is 1.71. The Morgan fingerprint density at radius 1 is 1.38 bits per heavy atom. The Kier molecular flexibility index (Phi) is 6.16. The van der Waals surface area contributed by atoms with Gasteiger partial charge in [0.05, 0.1) is 17.9 Å². The number of anilines is 3. The smallest absolute Gasteiger partial charge is 0.317 e. The Hall–Kier alpha value is -2.95. The molecule has 2 aromatic heterocycles. The number of aromatic nitrogens is 3. The van der Waals surface area contributed by atoms with E-state index in [2.05, 4.69) is 29.9 Å². The lowest BCUT2D eigenvalue weighted by atomic mass is 9.97. The molecule has 0 unspecified atom stereocenters. The van der Waals surface area contributed by atoms with E-state index in [1.165, 1.54) is 16.4 Å². The lowest BCUT2D eigenvalue weighted by Crippen LogP contribution is -2.56. The van der Waals surface area contributed by atoms with Crippen LogP contribution < -0.4 is 21.3 Å². The van der Waals surface area contributed by atoms with Crippen molar-refractivity contribution in [3.05, 3.63) is 23.7 Å². The van der Waals surface area contributed by atoms with Crippen LogP contribution in [0, 0.1) is 6.92 Å². The lowest BCUT2D eigenvalue weighted by Gasteiger charge is -2.40. The molecule has 0 bridgehead atoms. The van der Waals surface area contributed by atoms with Crippen LogP contribution in [0.25, 0.3) is 0 Å². The molecule has 3 amide bonds. The molecule has 1 fully saturated rings. The number of nitrogens with zero attached hydrogens (tertiary/aromatic N) is 5. The highest BCUT2D eigenvalue weighted by Gasteiger charge is 2.31. The quantitative estimate of drug-likeness (QED) is 0.674. The first-order valence-corrected chi connectivity index (χ1v) is 10.1. The minimum Gasteiger partial charge on any atom is -0.364 e. The summed E-state index contributed by atoms with van der Waals surface area (Å²) in [4.78, 5) is 36.4. The molecule has 0 aromatic carbocycles. The molecular weight excluding hydrogens is 392 g/mol. The summed E-state index contributed by atoms with van der Waals surface area (Å²) >= 11 is 1.27. The highest BCUT2D eigenvalue weighted by Crippen LogP contribution is 2.27. The largest absolute Gasteiger partial charge is 0.364 e. The van der Waals surface area contributed by atoms with Crippen LogP contribution >= 0.6 is 11.5 Å². The Bertz CT molecular complexity index is 900. The van der Waals surface area contributed by atoms with Gasteiger partial charge < -0.3 is 26.2 Å². The second-order valence-electron chi connectivity index (χ2n) is 7.27. The Morgan fingerprint density at radius 2 is 2.14 bits per heavy atom. The SMILES string of the molecule is Cc1cc(Nc2nc(N3CCC[C@H](NC(=O)N(C)C)[C@@H]3C)cnc2C(N)=O)sn1. The van der Waals surface area contributed by atoms with Gasteiger partial charge in [-0.15, -0.1) is 0 Å². The summed E-state index contributed by atoms with van der Waals surface area (Å²) in [6.45, 7) is 4.71. The van der Waals surface area contributed by atoms with Crippen molar-refractivity contribution < 1.29 is 9.59 Å². The fraction of sp³-hybridized carbons (Fsp3) is 0.500. The van der Waals surface area contributed by atoms with Crippen LogP contribution in [-0.2, 0) is 0 Å². The van der Waals surface area contributed by atoms with Gasteiger partial charge in [-0.1, -0.05) is 0 Å². The van der Waals surface area contributed by atoms with Crippen molar-refractivity contribution in [3.8, 4) is 0 Å². The number of nitrogens with two attached hydrogens (primary N) is 1. The number of piperidine rings is 1. The zero-order valence-corrected chi connectivity index (χ0v) is 17.8. The molecule has 3 heterocycles. The zero-order chi connectivity index (χ0) is 21.1. The third-order valence-electron chi connectivity index (χ3n) is 4.86. The maximum Gasteiger partial charge on any atom is 0.317 e. The molecule has 10 nitrogen and oxygen atoms in total. The van der Waals surface area contributed by atoms with Gasteiger partial charge in [-0.3, -0.25) is 4.79 Å². The van der Waals surface area contributed by atoms with Crippen LogP contribution in [0.2, 0.25) is 0 Å². The van der Waals surface area contributed by atoms with Gasteiger partial charge in [0.2, 0.25) is 0 Å². The normalized spacial score (nSPS) is 19.0. The van der Waals surface area contributed by atoms with Crippen molar-refractivity contribution in [2.24, 2.45) is 5.73 Å². The van der Waals surface area contributed by atoms with Crippen molar-refractivity contribution in [2.45, 2.75) is 38.8 Å². The molecule has 1 saturated heterocycles. The van der Waals surface area contributed by atoms with Crippen molar-refractivity contribution in [3.63, 3.8) is 0 Å². The number of aryl methyl sites for hydroxylation is 1. The van der Waals surface area contributed by atoms with E-state index < -0.39 is 5.91 Å². The van der Waals surface area contributed by atoms with Crippen LogP contribution in [0.3, 0.4) is 0 Å². The number of hydrogen-bond donors (Lipinski definition) is 3. The van der Waals surface area contributed by atoms with E-state index in [1.54, 1.807) is 20.3 Å². The summed E-state index contributed by atoms with van der Waals surface area (Å²) in [5, 5.41) is 6.91. The maximum atomic E-state index is 12.1. The van der Waals surface area contributed by atoms with E-state index in [0.29, 0.717) is 11.6 Å². The molecule has 4 N–H and O–H groups in total. The average molecular weight is 419 g/mol. The molecule has 0 saturated carbocycles. The molecule has 156 valence electrons. The van der Waals surface area contributed by atoms with Gasteiger partial charge in [0.15, 0.2) is 11.5 Å². The van der Waals surface area contributed by atoms with Gasteiger partial charge in [0.25, 0.3) is 5.91 Å². The van der Waals surface area contributed by atoms with Crippen LogP contribution in [0.5, 0.6) is 0 Å². The predicted molar refractivity (Wildman–Crippen MR) is 113 cm³/mol. The Morgan fingerprint density at radius 3 is 2.76 bits per heavy atom. The molecule has 3 rings (SSSR count). The lowest BCUT2D eigenvalue weighted by molar-refractivity contribution is 0.0996. The van der Waals surface area contributed by atoms with Gasteiger partial charge >= 0.3 is 6.03 Å². The standard InChI is InChI=1S/C18H26N8O2S/c1-10-8-14(29-24-10)23-17-15(16(19)27)20-9-13(22-17)26-7-5-6-12(11(26)2)21-18(28)25(3)4/h8-9,11-12H,5-7H2,1-4H3,(H2,19,27)(H,21,28)(H,22,23)/t11-,12-/m0/s1. The summed E-state index contributed by atoms with van der Waals surface area (Å²) in [6.07, 6.45) is 3.34. The van der Waals surface area contributed by atoms with E-state index in [1.807, 2.05) is 19.9 Å². The first kappa shape index (κ1) is 20.8. The number of rotatable bonds is 5. The molecule has 0 radical (unpaired) electrons. The number of carbonyl (C=O) groups excluding carboxylic acids is 2. The van der Waals surface area contributed by atoms with Crippen LogP contribution in [-0.4, -0.2) is 63.9 Å². The fourth-order valence-corrected chi connectivity index (χ4v) is 3.93. The first-order valence-electron chi connectivity index (χ1n) is 9.38. The summed E-state index contributed by atoms with van der Waals surface area (Å²) in [5.41, 5.74) is 6.41. The van der Waals surface area contributed by atoms with E-state index in [4.69, 9.17) is 5.73 Å². The van der Waals surface area contributed by atoms with Crippen LogP contribution in [0.4, 0.5) is 21.4 Å². The monoisotopic (exact) mass is 418 g/mol. The van der Waals surface area contributed by atoms with Crippen molar-refractivity contribution in [1.29, 1.82) is 0 Å². The summed E-state index contributed by atoms with van der Waals surface area (Å²) in [7, 11) is 3.43. The second kappa shape index (κ2) is 8.60. The van der Waals surface area contributed by atoms with Crippen molar-refractivity contribution >= 4 is 40.1 Å². The van der Waals surface area contributed by atoms with Crippen LogP contribution in [0.15, 0.2) is 12.3 Å². The molecule has 0 aliphatic carbocycles. The molecule has 1 aliphatic heterocycles. The van der Waals surface area contributed by atoms with Crippen molar-refractivity contribution in [1.82, 2.24) is 24.6 Å². The highest BCUT2D eigenvalue weighted by atomic mass is 32.1. The number of hydrogen-bond acceptors (Lipinski definition) is 8. The van der Waals surface area contributed by atoms with Gasteiger partial charge in [-0.05, 0) is 44.3 Å². The molecule has 2 aromatic rings. The minimum atomic E-state index is -0.657. The average Bonchev–Trinajstić information content (AvgIpc) is 3.07. The van der Waals surface area contributed by atoms with E-state index in [9.17, 15) is 9.59 Å². The van der Waals surface area contributed by atoms with Crippen LogP contribution in [0.1, 0.15) is 35.9 Å². The summed E-state index contributed by atoms with van der Waals surface area (Å²) in [5.74, 6) is 0.260. The number of nitrogens with one attached hydrogen (secondary N) is 2. The van der Waals surface area contributed by atoms with Gasteiger partial charge in [-0.2, -0.15) is 4.37 Å². The molecule has 29 heavy (non-hydrogen) atoms. The van der Waals surface area contributed by atoms with Gasteiger partial charge in [0.1, 0.15) is 10.8 Å². The number of primary amides is 1. The number of carbonyl (C=O) groups is 2. The van der Waals surface area contributed by atoms with Gasteiger partial charge in [-0.25, -0.2) is 14.8 Å². The molecule has 0 spiro atoms. The molecule has 1 aliphatic rings. The second-order valence-corrected chi connectivity index (χ2v) is 8.08. The third kappa shape index (κ3) is 4.73. The highest BCUT2D eigenvalue weighted by molar-refractivity contribution is 7.10. The molecular formula is C18H26N8O2S. The zero-order valence-electron chi connectivity index (χ0n) is 17.0. The summed E-state index contributed by atoms with van der Waals surface area (Å²) < 4.78 is 4.22. The minimum absolute atomic E-state index is 0.0138. The Labute approximate surface area is 173 Å². The van der Waals surface area contributed by atoms with E-state index >= 15 is 0 Å². The van der Waals surface area contributed by atoms with E-state index in [-0.39, 0.29) is 23.8 Å². The fourth-order valence-electron chi connectivity index (χ4n) is 3.27. The Balaban J connectivity index is 1.86. The molecule has 2 atom stereocenters. The maximum absolute atomic E-state index is 12.1. The van der Waals surface area contributed by atoms with Crippen molar-refractivity contribution in [2.75, 3.05) is 30.9 Å². The summed E-state index contributed by atoms with van der Waals surface area (Å²) in [6, 6.07) is 1.73. The number of amides is 3. The molecule has 11 heteroatoms. The first-order chi connectivity index (χ1) is 13.8. The van der Waals surface area contributed by atoms with Gasteiger partial charge in [0, 0.05) is 26.7 Å². The third-order valence-corrected chi connectivity index (χ3v) is 5.66. The topological polar surface area (TPSA) is 129 Å². The number of urea groups is 1.